The zero-order valence-electron chi connectivity index (χ0n) is 16.9. The number of benzene rings is 3. The molecule has 0 aromatic heterocycles. The predicted octanol–water partition coefficient (Wildman–Crippen LogP) is 5.49. The lowest BCUT2D eigenvalue weighted by molar-refractivity contribution is 0.0733. The van der Waals surface area contributed by atoms with Crippen LogP contribution in [0.4, 0.5) is 8.78 Å². The number of hydrogen-bond acceptors (Lipinski definition) is 3. The highest BCUT2D eigenvalue weighted by atomic mass is 19.2. The van der Waals surface area contributed by atoms with Crippen LogP contribution in [-0.2, 0) is 0 Å². The third-order valence-electron chi connectivity index (χ3n) is 5.63. The van der Waals surface area contributed by atoms with Crippen molar-refractivity contribution in [2.24, 2.45) is 0 Å². The van der Waals surface area contributed by atoms with Crippen molar-refractivity contribution in [3.05, 3.63) is 89.0 Å². The lowest BCUT2D eigenvalue weighted by Gasteiger charge is -2.25. The van der Waals surface area contributed by atoms with E-state index in [0.29, 0.717) is 29.8 Å². The third-order valence-corrected chi connectivity index (χ3v) is 5.63. The van der Waals surface area contributed by atoms with Gasteiger partial charge in [0.25, 0.3) is 5.91 Å². The molecule has 0 spiro atoms. The molecule has 1 aliphatic rings. The number of carbonyl (C=O) groups is 1. The summed E-state index contributed by atoms with van der Waals surface area (Å²) in [5.74, 6) is -1.41. The van der Waals surface area contributed by atoms with Gasteiger partial charge in [0.05, 0.1) is 24.8 Å². The maximum atomic E-state index is 14.3. The predicted molar refractivity (Wildman–Crippen MR) is 113 cm³/mol. The Morgan fingerprint density at radius 2 is 1.90 bits per heavy atom. The molecular formula is C25H20F2N2O2. The summed E-state index contributed by atoms with van der Waals surface area (Å²) < 4.78 is 33.4. The molecule has 0 bridgehead atoms. The van der Waals surface area contributed by atoms with E-state index >= 15 is 0 Å². The Morgan fingerprint density at radius 3 is 2.61 bits per heavy atom. The molecule has 4 nitrogen and oxygen atoms in total. The molecule has 1 fully saturated rings. The monoisotopic (exact) mass is 418 g/mol. The van der Waals surface area contributed by atoms with E-state index in [1.165, 1.54) is 12.1 Å². The van der Waals surface area contributed by atoms with Gasteiger partial charge in [-0.05, 0) is 54.8 Å². The van der Waals surface area contributed by atoms with Crippen LogP contribution in [0.3, 0.4) is 0 Å². The number of nitrogens with zero attached hydrogens (tertiary/aromatic N) is 2. The lowest BCUT2D eigenvalue weighted by atomic mass is 10.00. The van der Waals surface area contributed by atoms with Gasteiger partial charge in [-0.15, -0.1) is 0 Å². The van der Waals surface area contributed by atoms with Gasteiger partial charge in [0.1, 0.15) is 5.75 Å². The quantitative estimate of drug-likeness (QED) is 0.563. The SMILES string of the molecule is COc1ccc(C#N)cc1-c1ccc(C(=O)N2CCC[C@@H]2c2cccc(F)c2F)cc1. The first-order chi connectivity index (χ1) is 15.0. The highest BCUT2D eigenvalue weighted by Gasteiger charge is 2.33. The van der Waals surface area contributed by atoms with E-state index in [9.17, 15) is 18.8 Å². The van der Waals surface area contributed by atoms with Crippen LogP contribution in [0.5, 0.6) is 5.75 Å². The molecule has 4 rings (SSSR count). The van der Waals surface area contributed by atoms with Crippen molar-refractivity contribution in [3.8, 4) is 22.9 Å². The van der Waals surface area contributed by atoms with Crippen molar-refractivity contribution in [3.63, 3.8) is 0 Å². The van der Waals surface area contributed by atoms with Crippen LogP contribution >= 0.6 is 0 Å². The summed E-state index contributed by atoms with van der Waals surface area (Å²) in [4.78, 5) is 14.7. The molecular weight excluding hydrogens is 398 g/mol. The summed E-state index contributed by atoms with van der Waals surface area (Å²) in [5, 5.41) is 9.17. The molecule has 0 unspecified atom stereocenters. The molecule has 1 saturated heterocycles. The largest absolute Gasteiger partial charge is 0.496 e. The standard InChI is InChI=1S/C25H20F2N2O2/c1-31-23-12-7-16(15-28)14-20(23)17-8-10-18(11-9-17)25(30)29-13-3-6-22(29)19-4-2-5-21(26)24(19)27/h2,4-5,7-12,14,22H,3,6,13H2,1H3/t22-/m1/s1. The maximum absolute atomic E-state index is 14.3. The average molecular weight is 418 g/mol. The van der Waals surface area contributed by atoms with E-state index in [0.717, 1.165) is 23.6 Å². The number of nitriles is 1. The van der Waals surface area contributed by atoms with Crippen molar-refractivity contribution in [2.45, 2.75) is 18.9 Å². The fraction of sp³-hybridized carbons (Fsp3) is 0.200. The molecule has 3 aromatic rings. The first-order valence-corrected chi connectivity index (χ1v) is 9.97. The van der Waals surface area contributed by atoms with Gasteiger partial charge >= 0.3 is 0 Å². The first-order valence-electron chi connectivity index (χ1n) is 9.97. The molecule has 1 amide bonds. The normalized spacial score (nSPS) is 15.5. The summed E-state index contributed by atoms with van der Waals surface area (Å²) in [7, 11) is 1.56. The molecule has 156 valence electrons. The minimum Gasteiger partial charge on any atom is -0.496 e. The van der Waals surface area contributed by atoms with Gasteiger partial charge in [-0.25, -0.2) is 8.78 Å². The second-order valence-electron chi connectivity index (χ2n) is 7.40. The van der Waals surface area contributed by atoms with Crippen LogP contribution in [0.1, 0.15) is 40.4 Å². The van der Waals surface area contributed by atoms with Crippen molar-refractivity contribution in [1.82, 2.24) is 4.90 Å². The number of halogens is 2. The highest BCUT2D eigenvalue weighted by molar-refractivity contribution is 5.95. The molecule has 1 aliphatic heterocycles. The molecule has 31 heavy (non-hydrogen) atoms. The number of carbonyl (C=O) groups excluding carboxylic acids is 1. The van der Waals surface area contributed by atoms with E-state index in [1.54, 1.807) is 54.5 Å². The van der Waals surface area contributed by atoms with Crippen LogP contribution in [0.15, 0.2) is 60.7 Å². The lowest BCUT2D eigenvalue weighted by Crippen LogP contribution is -2.31. The molecule has 6 heteroatoms. The second-order valence-corrected chi connectivity index (χ2v) is 7.40. The molecule has 3 aromatic carbocycles. The van der Waals surface area contributed by atoms with Crippen LogP contribution in [0, 0.1) is 23.0 Å². The molecule has 0 N–H and O–H groups in total. The van der Waals surface area contributed by atoms with Crippen LogP contribution in [-0.4, -0.2) is 24.5 Å². The van der Waals surface area contributed by atoms with Crippen molar-refractivity contribution in [1.29, 1.82) is 5.26 Å². The van der Waals surface area contributed by atoms with Gasteiger partial charge in [-0.3, -0.25) is 4.79 Å². The number of likely N-dealkylation sites (tertiary alicyclic amines) is 1. The fourth-order valence-corrected chi connectivity index (χ4v) is 4.07. The van der Waals surface area contributed by atoms with Crippen LogP contribution < -0.4 is 4.74 Å². The summed E-state index contributed by atoms with van der Waals surface area (Å²) >= 11 is 0. The Kier molecular flexibility index (Phi) is 5.68. The molecule has 0 aliphatic carbocycles. The average Bonchev–Trinajstić information content (AvgIpc) is 3.29. The number of rotatable bonds is 4. The molecule has 1 heterocycles. The van der Waals surface area contributed by atoms with Gasteiger partial charge < -0.3 is 9.64 Å². The summed E-state index contributed by atoms with van der Waals surface area (Å²) in [5.41, 5.74) is 2.73. The number of amides is 1. The van der Waals surface area contributed by atoms with Crippen molar-refractivity contribution >= 4 is 5.91 Å². The summed E-state index contributed by atoms with van der Waals surface area (Å²) in [6.07, 6.45) is 1.31. The number of hydrogen-bond donors (Lipinski definition) is 0. The van der Waals surface area contributed by atoms with Gasteiger partial charge in [-0.1, -0.05) is 24.3 Å². The summed E-state index contributed by atoms with van der Waals surface area (Å²) in [6.45, 7) is 0.485. The van der Waals surface area contributed by atoms with Gasteiger partial charge in [0, 0.05) is 23.2 Å². The summed E-state index contributed by atoms with van der Waals surface area (Å²) in [6, 6.07) is 17.8. The van der Waals surface area contributed by atoms with E-state index in [-0.39, 0.29) is 11.5 Å². The molecule has 1 atom stereocenters. The van der Waals surface area contributed by atoms with E-state index < -0.39 is 17.7 Å². The zero-order chi connectivity index (χ0) is 22.0. The first kappa shape index (κ1) is 20.5. The highest BCUT2D eigenvalue weighted by Crippen LogP contribution is 2.36. The Balaban J connectivity index is 1.62. The van der Waals surface area contributed by atoms with E-state index in [4.69, 9.17) is 4.74 Å². The molecule has 0 radical (unpaired) electrons. The second kappa shape index (κ2) is 8.57. The number of ether oxygens (including phenoxy) is 1. The maximum Gasteiger partial charge on any atom is 0.254 e. The Hall–Kier alpha value is -3.72. The smallest absolute Gasteiger partial charge is 0.254 e. The van der Waals surface area contributed by atoms with Crippen molar-refractivity contribution in [2.75, 3.05) is 13.7 Å². The zero-order valence-corrected chi connectivity index (χ0v) is 16.9. The topological polar surface area (TPSA) is 53.3 Å². The van der Waals surface area contributed by atoms with E-state index in [2.05, 4.69) is 6.07 Å². The van der Waals surface area contributed by atoms with Crippen LogP contribution in [0.2, 0.25) is 0 Å². The Morgan fingerprint density at radius 1 is 1.13 bits per heavy atom. The number of methoxy groups -OCH3 is 1. The van der Waals surface area contributed by atoms with E-state index in [1.807, 2.05) is 0 Å². The van der Waals surface area contributed by atoms with Gasteiger partial charge in [-0.2, -0.15) is 5.26 Å². The minimum absolute atomic E-state index is 0.209. The van der Waals surface area contributed by atoms with Gasteiger partial charge in [0.2, 0.25) is 0 Å². The van der Waals surface area contributed by atoms with Crippen molar-refractivity contribution < 1.29 is 18.3 Å². The molecule has 0 saturated carbocycles. The van der Waals surface area contributed by atoms with Gasteiger partial charge in [0.15, 0.2) is 11.6 Å². The minimum atomic E-state index is -0.908. The Labute approximate surface area is 179 Å². The Bertz CT molecular complexity index is 1170. The third kappa shape index (κ3) is 3.87. The van der Waals surface area contributed by atoms with Crippen LogP contribution in [0.25, 0.3) is 11.1 Å². The fourth-order valence-electron chi connectivity index (χ4n) is 4.07.